The van der Waals surface area contributed by atoms with Gasteiger partial charge in [-0.05, 0) is 17.5 Å². The van der Waals surface area contributed by atoms with Gasteiger partial charge in [0.05, 0.1) is 5.60 Å². The number of benzene rings is 1. The molecule has 0 saturated carbocycles. The van der Waals surface area contributed by atoms with Gasteiger partial charge in [0.1, 0.15) is 0 Å². The van der Waals surface area contributed by atoms with E-state index in [0.29, 0.717) is 11.4 Å². The molecule has 1 aromatic rings. The summed E-state index contributed by atoms with van der Waals surface area (Å²) in [6, 6.07) is 7.54. The van der Waals surface area contributed by atoms with E-state index in [2.05, 4.69) is 0 Å². The molecule has 1 unspecified atom stereocenters. The molecule has 0 heterocycles. The van der Waals surface area contributed by atoms with Crippen LogP contribution in [-0.4, -0.2) is 17.3 Å². The lowest BCUT2D eigenvalue weighted by Crippen LogP contribution is -2.44. The van der Waals surface area contributed by atoms with Crippen LogP contribution < -0.4 is 5.73 Å². The van der Waals surface area contributed by atoms with E-state index < -0.39 is 5.60 Å². The van der Waals surface area contributed by atoms with Crippen LogP contribution in [0, 0.1) is 5.92 Å². The van der Waals surface area contributed by atoms with E-state index in [1.165, 1.54) is 0 Å². The van der Waals surface area contributed by atoms with Crippen molar-refractivity contribution in [1.29, 1.82) is 0 Å². The van der Waals surface area contributed by atoms with Gasteiger partial charge in [-0.1, -0.05) is 43.6 Å². The first-order chi connectivity index (χ1) is 6.99. The normalized spacial score (nSPS) is 15.3. The van der Waals surface area contributed by atoms with Gasteiger partial charge in [0.15, 0.2) is 0 Å². The zero-order valence-electron chi connectivity index (χ0n) is 9.20. The van der Waals surface area contributed by atoms with Crippen molar-refractivity contribution in [3.63, 3.8) is 0 Å². The van der Waals surface area contributed by atoms with Gasteiger partial charge in [-0.25, -0.2) is 0 Å². The largest absolute Gasteiger partial charge is 0.388 e. The summed E-state index contributed by atoms with van der Waals surface area (Å²) in [6.45, 7) is 4.17. The van der Waals surface area contributed by atoms with Crippen LogP contribution in [0.5, 0.6) is 0 Å². The highest BCUT2D eigenvalue weighted by Crippen LogP contribution is 2.25. The molecule has 15 heavy (non-hydrogen) atoms. The van der Waals surface area contributed by atoms with Gasteiger partial charge in [0.2, 0.25) is 0 Å². The molecule has 0 aliphatic carbocycles. The van der Waals surface area contributed by atoms with E-state index in [9.17, 15) is 5.11 Å². The molecule has 0 bridgehead atoms. The van der Waals surface area contributed by atoms with E-state index in [0.717, 1.165) is 5.56 Å². The Bertz CT molecular complexity index is 327. The first-order valence-corrected chi connectivity index (χ1v) is 5.53. The lowest BCUT2D eigenvalue weighted by molar-refractivity contribution is 0.00409. The Morgan fingerprint density at radius 1 is 1.40 bits per heavy atom. The first kappa shape index (κ1) is 12.5. The Kier molecular flexibility index (Phi) is 4.14. The Balaban J connectivity index is 2.89. The molecule has 1 aromatic carbocycles. The quantitative estimate of drug-likeness (QED) is 0.829. The smallest absolute Gasteiger partial charge is 0.0832 e. The minimum absolute atomic E-state index is 0.110. The summed E-state index contributed by atoms with van der Waals surface area (Å²) in [7, 11) is 0. The predicted molar refractivity (Wildman–Crippen MR) is 64.0 cm³/mol. The van der Waals surface area contributed by atoms with E-state index in [1.54, 1.807) is 0 Å². The number of hydrogen-bond acceptors (Lipinski definition) is 2. The molecular weight excluding hydrogens is 210 g/mol. The maximum Gasteiger partial charge on any atom is 0.0832 e. The fraction of sp³-hybridized carbons (Fsp3) is 0.500. The molecule has 2 nitrogen and oxygen atoms in total. The third-order valence-corrected chi connectivity index (χ3v) is 3.25. The highest BCUT2D eigenvalue weighted by Gasteiger charge is 2.30. The van der Waals surface area contributed by atoms with Crippen LogP contribution >= 0.6 is 11.6 Å². The van der Waals surface area contributed by atoms with E-state index in [1.807, 2.05) is 38.1 Å². The lowest BCUT2D eigenvalue weighted by Gasteiger charge is -2.31. The lowest BCUT2D eigenvalue weighted by atomic mass is 9.84. The molecule has 0 aromatic heterocycles. The van der Waals surface area contributed by atoms with Crippen LogP contribution in [-0.2, 0) is 6.42 Å². The van der Waals surface area contributed by atoms with E-state index in [4.69, 9.17) is 17.3 Å². The second kappa shape index (κ2) is 4.97. The standard InChI is InChI=1S/C12H18ClNO/c1-9(2)12(15,8-14)7-10-5-3-4-6-11(10)13/h3-6,9,15H,7-8,14H2,1-2H3. The average molecular weight is 228 g/mol. The van der Waals surface area contributed by atoms with Crippen molar-refractivity contribution in [3.05, 3.63) is 34.9 Å². The Morgan fingerprint density at radius 3 is 2.47 bits per heavy atom. The van der Waals surface area contributed by atoms with Crippen molar-refractivity contribution in [1.82, 2.24) is 0 Å². The van der Waals surface area contributed by atoms with Crippen molar-refractivity contribution in [3.8, 4) is 0 Å². The fourth-order valence-electron chi connectivity index (χ4n) is 1.48. The topological polar surface area (TPSA) is 46.2 Å². The average Bonchev–Trinajstić information content (AvgIpc) is 2.21. The van der Waals surface area contributed by atoms with Crippen molar-refractivity contribution in [2.75, 3.05) is 6.54 Å². The second-order valence-electron chi connectivity index (χ2n) is 4.23. The number of halogens is 1. The molecular formula is C12H18ClNO. The monoisotopic (exact) mass is 227 g/mol. The van der Waals surface area contributed by atoms with Gasteiger partial charge in [-0.2, -0.15) is 0 Å². The maximum atomic E-state index is 10.3. The van der Waals surface area contributed by atoms with Gasteiger partial charge >= 0.3 is 0 Å². The summed E-state index contributed by atoms with van der Waals surface area (Å²) in [5, 5.41) is 11.0. The van der Waals surface area contributed by atoms with Crippen LogP contribution in [0.15, 0.2) is 24.3 Å². The molecule has 84 valence electrons. The Labute approximate surface area is 96.1 Å². The number of aliphatic hydroxyl groups is 1. The van der Waals surface area contributed by atoms with Crippen LogP contribution in [0.25, 0.3) is 0 Å². The van der Waals surface area contributed by atoms with Crippen molar-refractivity contribution < 1.29 is 5.11 Å². The number of nitrogens with two attached hydrogens (primary N) is 1. The number of hydrogen-bond donors (Lipinski definition) is 2. The molecule has 0 aliphatic heterocycles. The van der Waals surface area contributed by atoms with Crippen molar-refractivity contribution in [2.24, 2.45) is 11.7 Å². The Hall–Kier alpha value is -0.570. The van der Waals surface area contributed by atoms with Gasteiger partial charge < -0.3 is 10.8 Å². The highest BCUT2D eigenvalue weighted by molar-refractivity contribution is 6.31. The summed E-state index contributed by atoms with van der Waals surface area (Å²) in [5.74, 6) is 0.110. The SMILES string of the molecule is CC(C)C(O)(CN)Cc1ccccc1Cl. The zero-order valence-corrected chi connectivity index (χ0v) is 9.96. The summed E-state index contributed by atoms with van der Waals surface area (Å²) in [6.07, 6.45) is 0.501. The zero-order chi connectivity index (χ0) is 11.5. The second-order valence-corrected chi connectivity index (χ2v) is 4.64. The summed E-state index contributed by atoms with van der Waals surface area (Å²) >= 11 is 6.04. The molecule has 1 atom stereocenters. The van der Waals surface area contributed by atoms with Gasteiger partial charge in [0.25, 0.3) is 0 Å². The molecule has 0 amide bonds. The first-order valence-electron chi connectivity index (χ1n) is 5.15. The molecule has 3 heteroatoms. The molecule has 1 rings (SSSR count). The molecule has 0 spiro atoms. The van der Waals surface area contributed by atoms with Crippen LogP contribution in [0.4, 0.5) is 0 Å². The van der Waals surface area contributed by atoms with Crippen LogP contribution in [0.2, 0.25) is 5.02 Å². The minimum atomic E-state index is -0.870. The molecule has 0 saturated heterocycles. The Morgan fingerprint density at radius 2 is 2.00 bits per heavy atom. The summed E-state index contributed by atoms with van der Waals surface area (Å²) in [4.78, 5) is 0. The molecule has 0 aliphatic rings. The van der Waals surface area contributed by atoms with E-state index in [-0.39, 0.29) is 12.5 Å². The minimum Gasteiger partial charge on any atom is -0.388 e. The molecule has 0 radical (unpaired) electrons. The maximum absolute atomic E-state index is 10.3. The van der Waals surface area contributed by atoms with Gasteiger partial charge in [0, 0.05) is 18.0 Å². The third-order valence-electron chi connectivity index (χ3n) is 2.88. The van der Waals surface area contributed by atoms with E-state index >= 15 is 0 Å². The van der Waals surface area contributed by atoms with Crippen molar-refractivity contribution >= 4 is 11.6 Å². The van der Waals surface area contributed by atoms with Crippen molar-refractivity contribution in [2.45, 2.75) is 25.9 Å². The fourth-order valence-corrected chi connectivity index (χ4v) is 1.69. The number of rotatable bonds is 4. The van der Waals surface area contributed by atoms with Crippen LogP contribution in [0.1, 0.15) is 19.4 Å². The molecule has 0 fully saturated rings. The van der Waals surface area contributed by atoms with Crippen LogP contribution in [0.3, 0.4) is 0 Å². The summed E-state index contributed by atoms with van der Waals surface area (Å²) in [5.41, 5.74) is 5.69. The van der Waals surface area contributed by atoms with Gasteiger partial charge in [-0.3, -0.25) is 0 Å². The molecule has 3 N–H and O–H groups in total. The third kappa shape index (κ3) is 2.94. The van der Waals surface area contributed by atoms with Gasteiger partial charge in [-0.15, -0.1) is 0 Å². The summed E-state index contributed by atoms with van der Waals surface area (Å²) < 4.78 is 0. The predicted octanol–water partition coefficient (Wildman–Crippen LogP) is 2.23. The highest BCUT2D eigenvalue weighted by atomic mass is 35.5.